The molecule has 9 nitrogen and oxygen atoms in total. The molecule has 11 atom stereocenters. The molecule has 1 amide bonds. The SMILES string of the molecule is CC(C)C[C@@H]1CCO[C@@H]2[C@H](CN[C@@H]2C(=O)N[C@@H]2C/C=C/[C@@H](O)CSC3OC2C(O)C(O)C3O)C1. The smallest absolute Gasteiger partial charge is 0.240 e. The van der Waals surface area contributed by atoms with Crippen molar-refractivity contribution in [2.45, 2.75) is 93.7 Å². The van der Waals surface area contributed by atoms with E-state index in [-0.39, 0.29) is 23.7 Å². The zero-order valence-electron chi connectivity index (χ0n) is 20.0. The number of ether oxygens (including phenoxy) is 2. The normalized spacial score (nSPS) is 46.4. The lowest BCUT2D eigenvalue weighted by Crippen LogP contribution is -2.64. The van der Waals surface area contributed by atoms with Crippen LogP contribution in [-0.4, -0.2) is 99.4 Å². The Kier molecular flexibility index (Phi) is 8.95. The lowest BCUT2D eigenvalue weighted by atomic mass is 9.85. The van der Waals surface area contributed by atoms with Gasteiger partial charge >= 0.3 is 0 Å². The second-order valence-corrected chi connectivity index (χ2v) is 11.8. The van der Waals surface area contributed by atoms with Crippen LogP contribution in [0.3, 0.4) is 0 Å². The Balaban J connectivity index is 1.46. The molecule has 0 saturated carbocycles. The summed E-state index contributed by atoms with van der Waals surface area (Å²) in [6.07, 6.45) is 1.02. The molecule has 6 N–H and O–H groups in total. The van der Waals surface area contributed by atoms with Crippen LogP contribution in [0.25, 0.3) is 0 Å². The first-order chi connectivity index (χ1) is 16.2. The van der Waals surface area contributed by atoms with Gasteiger partial charge in [0.2, 0.25) is 5.91 Å². The fraction of sp³-hybridized carbons (Fsp3) is 0.875. The van der Waals surface area contributed by atoms with Crippen molar-refractivity contribution in [1.29, 1.82) is 0 Å². The summed E-state index contributed by atoms with van der Waals surface area (Å²) in [7, 11) is 0. The predicted octanol–water partition coefficient (Wildman–Crippen LogP) is -0.238. The fourth-order valence-electron chi connectivity index (χ4n) is 5.79. The largest absolute Gasteiger partial charge is 0.388 e. The molecule has 5 unspecified atom stereocenters. The van der Waals surface area contributed by atoms with Gasteiger partial charge in [-0.1, -0.05) is 26.0 Å². The van der Waals surface area contributed by atoms with Crippen LogP contribution in [0, 0.1) is 17.8 Å². The molecule has 0 aromatic rings. The maximum atomic E-state index is 13.4. The van der Waals surface area contributed by atoms with Gasteiger partial charge in [-0.25, -0.2) is 0 Å². The maximum Gasteiger partial charge on any atom is 0.240 e. The number of nitrogens with one attached hydrogen (secondary N) is 2. The van der Waals surface area contributed by atoms with Gasteiger partial charge in [-0.15, -0.1) is 11.8 Å². The van der Waals surface area contributed by atoms with Crippen LogP contribution in [0.4, 0.5) is 0 Å². The van der Waals surface area contributed by atoms with Gasteiger partial charge in [0.1, 0.15) is 35.9 Å². The first kappa shape index (κ1) is 26.3. The van der Waals surface area contributed by atoms with Crippen LogP contribution in [0.1, 0.15) is 39.5 Å². The number of thioether (sulfide) groups is 1. The molecule has 10 heteroatoms. The van der Waals surface area contributed by atoms with Gasteiger partial charge in [0.05, 0.1) is 18.2 Å². The van der Waals surface area contributed by atoms with E-state index in [1.807, 2.05) is 0 Å². The minimum Gasteiger partial charge on any atom is -0.388 e. The summed E-state index contributed by atoms with van der Waals surface area (Å²) in [6.45, 7) is 5.83. The zero-order chi connectivity index (χ0) is 24.4. The molecule has 3 fully saturated rings. The molecule has 3 saturated heterocycles. The van der Waals surface area contributed by atoms with Crippen molar-refractivity contribution in [1.82, 2.24) is 10.6 Å². The lowest BCUT2D eigenvalue weighted by molar-refractivity contribution is -0.205. The van der Waals surface area contributed by atoms with E-state index in [1.54, 1.807) is 12.2 Å². The van der Waals surface area contributed by atoms with Gasteiger partial charge in [0.15, 0.2) is 0 Å². The van der Waals surface area contributed by atoms with Gasteiger partial charge in [0, 0.05) is 18.9 Å². The molecule has 34 heavy (non-hydrogen) atoms. The maximum absolute atomic E-state index is 13.4. The Bertz CT molecular complexity index is 725. The minimum atomic E-state index is -1.41. The average Bonchev–Trinajstić information content (AvgIpc) is 3.07. The number of aliphatic hydroxyl groups excluding tert-OH is 4. The van der Waals surface area contributed by atoms with Crippen molar-refractivity contribution in [3.63, 3.8) is 0 Å². The second kappa shape index (κ2) is 11.6. The van der Waals surface area contributed by atoms with Gasteiger partial charge in [-0.2, -0.15) is 0 Å². The molecule has 0 aromatic heterocycles. The predicted molar refractivity (Wildman–Crippen MR) is 128 cm³/mol. The highest BCUT2D eigenvalue weighted by Crippen LogP contribution is 2.35. The summed E-state index contributed by atoms with van der Waals surface area (Å²) in [5.74, 6) is 1.56. The molecule has 0 radical (unpaired) electrons. The van der Waals surface area contributed by atoms with Crippen molar-refractivity contribution in [2.24, 2.45) is 17.8 Å². The number of hydrogen-bond acceptors (Lipinski definition) is 9. The van der Waals surface area contributed by atoms with E-state index >= 15 is 0 Å². The van der Waals surface area contributed by atoms with E-state index in [0.717, 1.165) is 25.8 Å². The van der Waals surface area contributed by atoms with Gasteiger partial charge < -0.3 is 40.5 Å². The molecule has 0 aromatic carbocycles. The molecule has 194 valence electrons. The van der Waals surface area contributed by atoms with E-state index in [9.17, 15) is 25.2 Å². The van der Waals surface area contributed by atoms with Gasteiger partial charge in [0.25, 0.3) is 0 Å². The van der Waals surface area contributed by atoms with E-state index in [2.05, 4.69) is 24.5 Å². The number of amides is 1. The van der Waals surface area contributed by atoms with E-state index < -0.39 is 48.0 Å². The van der Waals surface area contributed by atoms with Crippen LogP contribution in [-0.2, 0) is 14.3 Å². The summed E-state index contributed by atoms with van der Waals surface area (Å²) in [4.78, 5) is 13.4. The Hall–Kier alpha value is -0.720. The number of hydrogen-bond donors (Lipinski definition) is 6. The minimum absolute atomic E-state index is 0.207. The third-order valence-electron chi connectivity index (χ3n) is 7.46. The lowest BCUT2D eigenvalue weighted by Gasteiger charge is -2.44. The zero-order valence-corrected chi connectivity index (χ0v) is 20.8. The van der Waals surface area contributed by atoms with Crippen LogP contribution < -0.4 is 10.6 Å². The number of aliphatic hydroxyl groups is 4. The average molecular weight is 501 g/mol. The first-order valence-electron chi connectivity index (χ1n) is 12.6. The van der Waals surface area contributed by atoms with Crippen molar-refractivity contribution in [3.05, 3.63) is 12.2 Å². The van der Waals surface area contributed by atoms with E-state index in [4.69, 9.17) is 9.47 Å². The number of carbonyl (C=O) groups is 1. The first-order valence-corrected chi connectivity index (χ1v) is 13.6. The molecule has 4 rings (SSSR count). The van der Waals surface area contributed by atoms with Gasteiger partial charge in [-0.3, -0.25) is 4.79 Å². The highest BCUT2D eigenvalue weighted by Gasteiger charge is 2.49. The number of carbonyl (C=O) groups excluding carboxylic acids is 1. The number of rotatable bonds is 4. The Labute approximate surface area is 205 Å². The van der Waals surface area contributed by atoms with Crippen molar-refractivity contribution in [2.75, 3.05) is 18.9 Å². The summed E-state index contributed by atoms with van der Waals surface area (Å²) in [5.41, 5.74) is -0.819. The molecule has 4 heterocycles. The van der Waals surface area contributed by atoms with Crippen LogP contribution in [0.15, 0.2) is 12.2 Å². The van der Waals surface area contributed by atoms with Crippen molar-refractivity contribution in [3.8, 4) is 0 Å². The summed E-state index contributed by atoms with van der Waals surface area (Å²) < 4.78 is 12.1. The highest BCUT2D eigenvalue weighted by molar-refractivity contribution is 7.99. The third-order valence-corrected chi connectivity index (χ3v) is 8.72. The van der Waals surface area contributed by atoms with Crippen LogP contribution >= 0.6 is 11.8 Å². The summed E-state index contributed by atoms with van der Waals surface area (Å²) >= 11 is 1.17. The molecule has 0 spiro atoms. The van der Waals surface area contributed by atoms with Crippen molar-refractivity contribution >= 4 is 17.7 Å². The molecule has 2 bridgehead atoms. The Morgan fingerprint density at radius 1 is 1.18 bits per heavy atom. The standard InChI is InChI=1S/C24H40N2O7S/c1-12(2)8-13-6-7-32-21-14(9-13)10-25-17(21)23(31)26-16-5-3-4-15(27)11-34-24-20(30)18(28)19(29)22(16)33-24/h3-4,12-22,24-25,27-30H,5-11H2,1-2H3,(H,26,31)/b4-3+/t13-,14-,15+,16+,17-,18?,19?,20?,21+,22?,24?/m0/s1. The number of fused-ring (bicyclic) bond motifs is 3. The van der Waals surface area contributed by atoms with E-state index in [0.29, 0.717) is 24.9 Å². The Morgan fingerprint density at radius 3 is 2.74 bits per heavy atom. The molecule has 4 aliphatic rings. The Morgan fingerprint density at radius 2 is 1.97 bits per heavy atom. The van der Waals surface area contributed by atoms with Crippen LogP contribution in [0.2, 0.25) is 0 Å². The molecular weight excluding hydrogens is 460 g/mol. The molecular formula is C24H40N2O7S. The highest BCUT2D eigenvalue weighted by atomic mass is 32.2. The van der Waals surface area contributed by atoms with E-state index in [1.165, 1.54) is 11.8 Å². The summed E-state index contributed by atoms with van der Waals surface area (Å²) in [5, 5.41) is 47.9. The topological polar surface area (TPSA) is 141 Å². The van der Waals surface area contributed by atoms with Crippen molar-refractivity contribution < 1.29 is 34.7 Å². The third kappa shape index (κ3) is 5.98. The fourth-order valence-corrected chi connectivity index (χ4v) is 6.86. The second-order valence-electron chi connectivity index (χ2n) is 10.6. The van der Waals surface area contributed by atoms with Crippen LogP contribution in [0.5, 0.6) is 0 Å². The molecule has 4 aliphatic heterocycles. The van der Waals surface area contributed by atoms with Gasteiger partial charge in [-0.05, 0) is 43.4 Å². The molecule has 0 aliphatic carbocycles. The quantitative estimate of drug-likeness (QED) is 0.289. The summed E-state index contributed by atoms with van der Waals surface area (Å²) in [6, 6.07) is -1.15. The monoisotopic (exact) mass is 500 g/mol.